The first-order valence-electron chi connectivity index (χ1n) is 8.42. The Balaban J connectivity index is 1.68. The van der Waals surface area contributed by atoms with Gasteiger partial charge in [-0.05, 0) is 55.9 Å². The molecule has 0 unspecified atom stereocenters. The summed E-state index contributed by atoms with van der Waals surface area (Å²) in [6.45, 7) is 1.58. The number of hydrogen-bond donors (Lipinski definition) is 1. The second kappa shape index (κ2) is 7.21. The molecule has 1 heterocycles. The van der Waals surface area contributed by atoms with Crippen LogP contribution in [-0.4, -0.2) is 51.5 Å². The zero-order chi connectivity index (χ0) is 17.2. The van der Waals surface area contributed by atoms with Crippen molar-refractivity contribution in [2.75, 3.05) is 26.7 Å². The van der Waals surface area contributed by atoms with Crippen LogP contribution in [-0.2, 0) is 14.8 Å². The van der Waals surface area contributed by atoms with E-state index in [0.717, 1.165) is 12.8 Å². The number of ether oxygens (including phenoxy) is 1. The van der Waals surface area contributed by atoms with Crippen molar-refractivity contribution >= 4 is 15.9 Å². The van der Waals surface area contributed by atoms with Crippen molar-refractivity contribution in [1.29, 1.82) is 0 Å². The van der Waals surface area contributed by atoms with E-state index in [4.69, 9.17) is 4.74 Å². The van der Waals surface area contributed by atoms with Crippen LogP contribution in [0.25, 0.3) is 0 Å². The number of hydrogen-bond acceptors (Lipinski definition) is 4. The summed E-state index contributed by atoms with van der Waals surface area (Å²) in [4.78, 5) is 12.3. The molecule has 6 nitrogen and oxygen atoms in total. The molecule has 0 radical (unpaired) electrons. The minimum absolute atomic E-state index is 0.0546. The smallest absolute Gasteiger partial charge is 0.251 e. The summed E-state index contributed by atoms with van der Waals surface area (Å²) < 4.78 is 32.2. The fourth-order valence-corrected chi connectivity index (χ4v) is 4.41. The van der Waals surface area contributed by atoms with Crippen molar-refractivity contribution in [3.05, 3.63) is 29.8 Å². The van der Waals surface area contributed by atoms with E-state index in [9.17, 15) is 13.2 Å². The van der Waals surface area contributed by atoms with Gasteiger partial charge in [-0.1, -0.05) is 0 Å². The molecule has 0 bridgehead atoms. The average Bonchev–Trinajstić information content (AvgIpc) is 3.44. The Morgan fingerprint density at radius 2 is 1.96 bits per heavy atom. The summed E-state index contributed by atoms with van der Waals surface area (Å²) in [6, 6.07) is 6.18. The molecule has 2 fully saturated rings. The fraction of sp³-hybridized carbons (Fsp3) is 0.588. The third-order valence-corrected chi connectivity index (χ3v) is 6.56. The van der Waals surface area contributed by atoms with Gasteiger partial charge in [0.05, 0.1) is 11.0 Å². The summed E-state index contributed by atoms with van der Waals surface area (Å²) in [5.74, 6) is 0.463. The molecule has 1 aromatic carbocycles. The molecular weight excluding hydrogens is 328 g/mol. The molecule has 24 heavy (non-hydrogen) atoms. The number of carbonyl (C=O) groups is 1. The Kier molecular flexibility index (Phi) is 5.22. The largest absolute Gasteiger partial charge is 0.380 e. The number of piperidine rings is 1. The number of rotatable bonds is 6. The molecule has 1 aromatic rings. The molecule has 0 aromatic heterocycles. The Morgan fingerprint density at radius 3 is 2.58 bits per heavy atom. The van der Waals surface area contributed by atoms with Crippen LogP contribution in [0.3, 0.4) is 0 Å². The molecule has 1 N–H and O–H groups in total. The molecule has 1 amide bonds. The molecule has 1 aliphatic carbocycles. The van der Waals surface area contributed by atoms with E-state index >= 15 is 0 Å². The van der Waals surface area contributed by atoms with Crippen molar-refractivity contribution in [3.63, 3.8) is 0 Å². The van der Waals surface area contributed by atoms with Crippen LogP contribution in [0.2, 0.25) is 0 Å². The van der Waals surface area contributed by atoms with Gasteiger partial charge in [0.1, 0.15) is 0 Å². The Morgan fingerprint density at radius 1 is 1.25 bits per heavy atom. The summed E-state index contributed by atoms with van der Waals surface area (Å²) in [6.07, 6.45) is 3.97. The summed E-state index contributed by atoms with van der Waals surface area (Å²) in [5.41, 5.74) is 0.489. The second-order valence-corrected chi connectivity index (χ2v) is 8.48. The lowest BCUT2D eigenvalue weighted by Crippen LogP contribution is -2.42. The standard InChI is InChI=1S/C17H24N2O4S/c1-23-15-3-2-10-19(12-15)24(21,22)16-8-6-14(7-9-16)17(20)18-11-13-4-5-13/h6-9,13,15H,2-5,10-12H2,1H3,(H,18,20)/t15-/m0/s1. The van der Waals surface area contributed by atoms with Gasteiger partial charge in [0.25, 0.3) is 5.91 Å². The number of methoxy groups -OCH3 is 1. The van der Waals surface area contributed by atoms with Gasteiger partial charge >= 0.3 is 0 Å². The van der Waals surface area contributed by atoms with Crippen LogP contribution < -0.4 is 5.32 Å². The lowest BCUT2D eigenvalue weighted by molar-refractivity contribution is 0.0572. The third kappa shape index (κ3) is 3.96. The van der Waals surface area contributed by atoms with Gasteiger partial charge in [0, 0.05) is 32.3 Å². The number of carbonyl (C=O) groups excluding carboxylic acids is 1. The highest BCUT2D eigenvalue weighted by molar-refractivity contribution is 7.89. The van der Waals surface area contributed by atoms with E-state index in [1.165, 1.54) is 29.3 Å². The first-order chi connectivity index (χ1) is 11.5. The van der Waals surface area contributed by atoms with Crippen LogP contribution >= 0.6 is 0 Å². The van der Waals surface area contributed by atoms with Crippen molar-refractivity contribution < 1.29 is 17.9 Å². The highest BCUT2D eigenvalue weighted by Gasteiger charge is 2.30. The highest BCUT2D eigenvalue weighted by atomic mass is 32.2. The van der Waals surface area contributed by atoms with Crippen molar-refractivity contribution in [1.82, 2.24) is 9.62 Å². The Labute approximate surface area is 143 Å². The maximum Gasteiger partial charge on any atom is 0.251 e. The minimum Gasteiger partial charge on any atom is -0.380 e. The number of sulfonamides is 1. The lowest BCUT2D eigenvalue weighted by atomic mass is 10.1. The predicted octanol–water partition coefficient (Wildman–Crippen LogP) is 1.63. The summed E-state index contributed by atoms with van der Waals surface area (Å²) in [7, 11) is -1.93. The van der Waals surface area contributed by atoms with Crippen molar-refractivity contribution in [3.8, 4) is 0 Å². The molecule has 2 aliphatic rings. The third-order valence-electron chi connectivity index (χ3n) is 4.68. The van der Waals surface area contributed by atoms with Crippen LogP contribution in [0.4, 0.5) is 0 Å². The SMILES string of the molecule is CO[C@H]1CCCN(S(=O)(=O)c2ccc(C(=O)NCC3CC3)cc2)C1. The average molecular weight is 352 g/mol. The van der Waals surface area contributed by atoms with E-state index in [2.05, 4.69) is 5.32 Å². The number of benzene rings is 1. The van der Waals surface area contributed by atoms with Gasteiger partial charge in [0.15, 0.2) is 0 Å². The van der Waals surface area contributed by atoms with Crippen molar-refractivity contribution in [2.24, 2.45) is 5.92 Å². The van der Waals surface area contributed by atoms with Crippen molar-refractivity contribution in [2.45, 2.75) is 36.7 Å². The van der Waals surface area contributed by atoms with Gasteiger partial charge in [-0.3, -0.25) is 4.79 Å². The number of nitrogens with zero attached hydrogens (tertiary/aromatic N) is 1. The first kappa shape index (κ1) is 17.4. The second-order valence-electron chi connectivity index (χ2n) is 6.54. The molecule has 1 saturated carbocycles. The molecular formula is C17H24N2O4S. The van der Waals surface area contributed by atoms with E-state index in [1.54, 1.807) is 19.2 Å². The molecule has 1 saturated heterocycles. The van der Waals surface area contributed by atoms with Gasteiger partial charge in [-0.2, -0.15) is 4.31 Å². The molecule has 3 rings (SSSR count). The lowest BCUT2D eigenvalue weighted by Gasteiger charge is -2.31. The normalized spacial score (nSPS) is 22.3. The summed E-state index contributed by atoms with van der Waals surface area (Å²) in [5, 5.41) is 2.88. The quantitative estimate of drug-likeness (QED) is 0.844. The zero-order valence-electron chi connectivity index (χ0n) is 13.9. The summed E-state index contributed by atoms with van der Waals surface area (Å²) >= 11 is 0. The highest BCUT2D eigenvalue weighted by Crippen LogP contribution is 2.27. The van der Waals surface area contributed by atoms with E-state index in [-0.39, 0.29) is 16.9 Å². The monoisotopic (exact) mass is 352 g/mol. The van der Waals surface area contributed by atoms with Gasteiger partial charge in [-0.25, -0.2) is 8.42 Å². The Bertz CT molecular complexity index is 683. The van der Waals surface area contributed by atoms with Crippen LogP contribution in [0.5, 0.6) is 0 Å². The molecule has 1 atom stereocenters. The van der Waals surface area contributed by atoms with Crippen LogP contribution in [0.15, 0.2) is 29.2 Å². The maximum absolute atomic E-state index is 12.7. The maximum atomic E-state index is 12.7. The molecule has 1 aliphatic heterocycles. The zero-order valence-corrected chi connectivity index (χ0v) is 14.7. The predicted molar refractivity (Wildman–Crippen MR) is 90.3 cm³/mol. The van der Waals surface area contributed by atoms with Gasteiger partial charge in [0.2, 0.25) is 10.0 Å². The molecule has 132 valence electrons. The van der Waals surface area contributed by atoms with E-state index < -0.39 is 10.0 Å². The minimum atomic E-state index is -3.54. The molecule has 7 heteroatoms. The van der Waals surface area contributed by atoms with E-state index in [1.807, 2.05) is 0 Å². The topological polar surface area (TPSA) is 75.7 Å². The number of amides is 1. The Hall–Kier alpha value is -1.44. The number of nitrogens with one attached hydrogen (secondary N) is 1. The first-order valence-corrected chi connectivity index (χ1v) is 9.86. The van der Waals surface area contributed by atoms with Gasteiger partial charge < -0.3 is 10.1 Å². The van der Waals surface area contributed by atoms with Gasteiger partial charge in [-0.15, -0.1) is 0 Å². The van der Waals surface area contributed by atoms with Crippen LogP contribution in [0, 0.1) is 5.92 Å². The van der Waals surface area contributed by atoms with Crippen LogP contribution in [0.1, 0.15) is 36.0 Å². The molecule has 0 spiro atoms. The van der Waals surface area contributed by atoms with E-state index in [0.29, 0.717) is 31.1 Å². The fourth-order valence-electron chi connectivity index (χ4n) is 2.90.